The molecule has 0 unspecified atom stereocenters. The molecule has 0 bridgehead atoms. The molecule has 1 amide bonds. The first-order chi connectivity index (χ1) is 8.16. The lowest BCUT2D eigenvalue weighted by molar-refractivity contribution is 0.0950. The molecule has 1 aromatic heterocycles. The van der Waals surface area contributed by atoms with Gasteiger partial charge in [0.1, 0.15) is 11.6 Å². The van der Waals surface area contributed by atoms with Crippen molar-refractivity contribution >= 4 is 5.91 Å². The van der Waals surface area contributed by atoms with E-state index in [0.29, 0.717) is 5.56 Å². The van der Waals surface area contributed by atoms with Crippen LogP contribution in [-0.4, -0.2) is 16.1 Å². The molecular formula is C11H9F2N3O. The molecule has 0 aliphatic heterocycles. The number of amides is 1. The first-order valence-electron chi connectivity index (χ1n) is 4.88. The number of benzene rings is 1. The summed E-state index contributed by atoms with van der Waals surface area (Å²) in [4.78, 5) is 11.5. The van der Waals surface area contributed by atoms with E-state index < -0.39 is 11.6 Å². The van der Waals surface area contributed by atoms with Gasteiger partial charge in [0, 0.05) is 24.4 Å². The van der Waals surface area contributed by atoms with Gasteiger partial charge >= 0.3 is 0 Å². The van der Waals surface area contributed by atoms with E-state index in [4.69, 9.17) is 0 Å². The second-order valence-electron chi connectivity index (χ2n) is 3.41. The van der Waals surface area contributed by atoms with Crippen molar-refractivity contribution in [3.05, 3.63) is 53.4 Å². The maximum atomic E-state index is 13.2. The maximum Gasteiger partial charge on any atom is 0.254 e. The predicted octanol–water partition coefficient (Wildman–Crippen LogP) is 1.62. The van der Waals surface area contributed by atoms with Crippen LogP contribution < -0.4 is 5.32 Å². The lowest BCUT2D eigenvalue weighted by Crippen LogP contribution is -2.22. The van der Waals surface area contributed by atoms with E-state index in [-0.39, 0.29) is 18.0 Å². The Kier molecular flexibility index (Phi) is 3.13. The summed E-state index contributed by atoms with van der Waals surface area (Å²) in [6.45, 7) is -0.00384. The molecule has 1 aromatic carbocycles. The van der Waals surface area contributed by atoms with E-state index in [9.17, 15) is 13.6 Å². The monoisotopic (exact) mass is 237 g/mol. The molecule has 0 aliphatic carbocycles. The molecule has 2 aromatic rings. The molecule has 4 nitrogen and oxygen atoms in total. The molecule has 0 saturated heterocycles. The Balaban J connectivity index is 2.01. The lowest BCUT2D eigenvalue weighted by atomic mass is 10.2. The van der Waals surface area contributed by atoms with Gasteiger partial charge in [-0.1, -0.05) is 6.07 Å². The highest BCUT2D eigenvalue weighted by Gasteiger charge is 2.08. The standard InChI is InChI=1S/C11H9F2N3O/c12-9-2-1-7(10(13)3-9)4-14-11(17)8-5-15-16-6-8/h1-3,5-6H,4H2,(H,14,17)(H,15,16). The number of hydrogen-bond acceptors (Lipinski definition) is 2. The van der Waals surface area contributed by atoms with E-state index in [1.165, 1.54) is 18.5 Å². The molecule has 0 aliphatic rings. The topological polar surface area (TPSA) is 57.8 Å². The SMILES string of the molecule is O=C(NCc1ccc(F)cc1F)c1cn[nH]c1. The van der Waals surface area contributed by atoms with Crippen LogP contribution in [0.2, 0.25) is 0 Å². The molecule has 2 rings (SSSR count). The zero-order valence-corrected chi connectivity index (χ0v) is 8.71. The summed E-state index contributed by atoms with van der Waals surface area (Å²) in [5.74, 6) is -1.70. The Morgan fingerprint density at radius 2 is 2.24 bits per heavy atom. The summed E-state index contributed by atoms with van der Waals surface area (Å²) in [5.41, 5.74) is 0.579. The number of nitrogens with zero attached hydrogens (tertiary/aromatic N) is 1. The van der Waals surface area contributed by atoms with Crippen molar-refractivity contribution in [2.75, 3.05) is 0 Å². The first kappa shape index (κ1) is 11.3. The van der Waals surface area contributed by atoms with E-state index in [2.05, 4.69) is 15.5 Å². The van der Waals surface area contributed by atoms with Gasteiger partial charge in [-0.3, -0.25) is 9.89 Å². The molecule has 0 atom stereocenters. The summed E-state index contributed by atoms with van der Waals surface area (Å²) in [5, 5.41) is 8.61. The van der Waals surface area contributed by atoms with Gasteiger partial charge < -0.3 is 5.32 Å². The molecule has 2 N–H and O–H groups in total. The largest absolute Gasteiger partial charge is 0.348 e. The number of H-pyrrole nitrogens is 1. The molecule has 6 heteroatoms. The fourth-order valence-corrected chi connectivity index (χ4v) is 1.32. The summed E-state index contributed by atoms with van der Waals surface area (Å²) in [6.07, 6.45) is 2.78. The van der Waals surface area contributed by atoms with Crippen LogP contribution in [0, 0.1) is 11.6 Å². The average molecular weight is 237 g/mol. The average Bonchev–Trinajstić information content (AvgIpc) is 2.81. The van der Waals surface area contributed by atoms with Crippen LogP contribution in [0.15, 0.2) is 30.6 Å². The van der Waals surface area contributed by atoms with E-state index >= 15 is 0 Å². The summed E-state index contributed by atoms with van der Waals surface area (Å²) >= 11 is 0. The van der Waals surface area contributed by atoms with Crippen molar-refractivity contribution in [3.63, 3.8) is 0 Å². The van der Waals surface area contributed by atoms with Gasteiger partial charge in [0.05, 0.1) is 11.8 Å². The number of aromatic amines is 1. The third-order valence-electron chi connectivity index (χ3n) is 2.21. The molecule has 0 fully saturated rings. The van der Waals surface area contributed by atoms with Crippen molar-refractivity contribution < 1.29 is 13.6 Å². The van der Waals surface area contributed by atoms with Crippen LogP contribution in [-0.2, 0) is 6.54 Å². The highest BCUT2D eigenvalue weighted by Crippen LogP contribution is 2.09. The number of carbonyl (C=O) groups is 1. The van der Waals surface area contributed by atoms with E-state index in [0.717, 1.165) is 12.1 Å². The normalized spacial score (nSPS) is 10.2. The van der Waals surface area contributed by atoms with E-state index in [1.807, 2.05) is 0 Å². The molecule has 1 heterocycles. The zero-order valence-electron chi connectivity index (χ0n) is 8.71. The number of rotatable bonds is 3. The second kappa shape index (κ2) is 4.73. The summed E-state index contributed by atoms with van der Waals surface area (Å²) in [7, 11) is 0. The Morgan fingerprint density at radius 3 is 2.88 bits per heavy atom. The highest BCUT2D eigenvalue weighted by atomic mass is 19.1. The number of aromatic nitrogens is 2. The maximum absolute atomic E-state index is 13.2. The third kappa shape index (κ3) is 2.66. The van der Waals surface area contributed by atoms with Gasteiger partial charge in [-0.2, -0.15) is 5.10 Å². The number of carbonyl (C=O) groups excluding carboxylic acids is 1. The first-order valence-corrected chi connectivity index (χ1v) is 4.88. The Bertz CT molecular complexity index is 526. The summed E-state index contributed by atoms with van der Waals surface area (Å²) in [6, 6.07) is 3.21. The smallest absolute Gasteiger partial charge is 0.254 e. The van der Waals surface area contributed by atoms with Gasteiger partial charge in [0.15, 0.2) is 0 Å². The Hall–Kier alpha value is -2.24. The van der Waals surface area contributed by atoms with Crippen molar-refractivity contribution in [2.24, 2.45) is 0 Å². The number of nitrogens with one attached hydrogen (secondary N) is 2. The van der Waals surface area contributed by atoms with Crippen LogP contribution in [0.3, 0.4) is 0 Å². The second-order valence-corrected chi connectivity index (χ2v) is 3.41. The minimum absolute atomic E-state index is 0.00384. The van der Waals surface area contributed by atoms with Crippen LogP contribution in [0.1, 0.15) is 15.9 Å². The van der Waals surface area contributed by atoms with Crippen molar-refractivity contribution in [1.82, 2.24) is 15.5 Å². The van der Waals surface area contributed by atoms with Gasteiger partial charge in [-0.25, -0.2) is 8.78 Å². The molecule has 0 spiro atoms. The van der Waals surface area contributed by atoms with Crippen molar-refractivity contribution in [3.8, 4) is 0 Å². The van der Waals surface area contributed by atoms with Gasteiger partial charge in [0.25, 0.3) is 5.91 Å². The summed E-state index contributed by atoms with van der Waals surface area (Å²) < 4.78 is 25.9. The molecule has 17 heavy (non-hydrogen) atoms. The molecular weight excluding hydrogens is 228 g/mol. The highest BCUT2D eigenvalue weighted by molar-refractivity contribution is 5.93. The lowest BCUT2D eigenvalue weighted by Gasteiger charge is -2.04. The van der Waals surface area contributed by atoms with Crippen LogP contribution in [0.4, 0.5) is 8.78 Å². The minimum atomic E-state index is -0.683. The van der Waals surface area contributed by atoms with E-state index in [1.54, 1.807) is 0 Å². The van der Waals surface area contributed by atoms with Gasteiger partial charge in [-0.15, -0.1) is 0 Å². The Labute approximate surface area is 95.7 Å². The quantitative estimate of drug-likeness (QED) is 0.852. The fourth-order valence-electron chi connectivity index (χ4n) is 1.32. The number of hydrogen-bond donors (Lipinski definition) is 2. The predicted molar refractivity (Wildman–Crippen MR) is 56.1 cm³/mol. The minimum Gasteiger partial charge on any atom is -0.348 e. The fraction of sp³-hybridized carbons (Fsp3) is 0.0909. The zero-order chi connectivity index (χ0) is 12.3. The van der Waals surface area contributed by atoms with Gasteiger partial charge in [-0.05, 0) is 6.07 Å². The molecule has 0 radical (unpaired) electrons. The van der Waals surface area contributed by atoms with Crippen molar-refractivity contribution in [2.45, 2.75) is 6.54 Å². The van der Waals surface area contributed by atoms with Crippen LogP contribution >= 0.6 is 0 Å². The van der Waals surface area contributed by atoms with Crippen LogP contribution in [0.25, 0.3) is 0 Å². The number of halogens is 2. The third-order valence-corrected chi connectivity index (χ3v) is 2.21. The van der Waals surface area contributed by atoms with Crippen LogP contribution in [0.5, 0.6) is 0 Å². The Morgan fingerprint density at radius 1 is 1.41 bits per heavy atom. The molecule has 88 valence electrons. The van der Waals surface area contributed by atoms with Gasteiger partial charge in [0.2, 0.25) is 0 Å². The molecule has 0 saturated carbocycles. The van der Waals surface area contributed by atoms with Crippen molar-refractivity contribution in [1.29, 1.82) is 0 Å².